The molecular weight excluding hydrogens is 487 g/mol. The van der Waals surface area contributed by atoms with Gasteiger partial charge in [-0.05, 0) is 65.4 Å². The number of nitrogens with zero attached hydrogens (tertiary/aromatic N) is 1. The van der Waals surface area contributed by atoms with Crippen LogP contribution < -0.4 is 24.4 Å². The summed E-state index contributed by atoms with van der Waals surface area (Å²) in [4.78, 5) is 12.3. The van der Waals surface area contributed by atoms with E-state index in [1.54, 1.807) is 24.3 Å². The lowest BCUT2D eigenvalue weighted by Crippen LogP contribution is -2.17. The molecule has 0 saturated carbocycles. The SMILES string of the molecule is C#CCOc1c(I)cc(/C=N/NC(=O)c2ccc(OCC)c(OC)c2)cc1OC. The topological polar surface area (TPSA) is 78.4 Å². The second-order valence-corrected chi connectivity index (χ2v) is 6.69. The summed E-state index contributed by atoms with van der Waals surface area (Å²) in [7, 11) is 3.06. The van der Waals surface area contributed by atoms with Crippen LogP contribution in [-0.2, 0) is 0 Å². The van der Waals surface area contributed by atoms with Gasteiger partial charge in [0.2, 0.25) is 0 Å². The van der Waals surface area contributed by atoms with Crippen molar-refractivity contribution in [3.05, 3.63) is 45.0 Å². The Balaban J connectivity index is 2.12. The highest BCUT2D eigenvalue weighted by atomic mass is 127. The first-order valence-electron chi connectivity index (χ1n) is 8.62. The van der Waals surface area contributed by atoms with Gasteiger partial charge in [-0.3, -0.25) is 4.79 Å². The number of terminal acetylenes is 1. The van der Waals surface area contributed by atoms with Gasteiger partial charge in [-0.2, -0.15) is 5.10 Å². The monoisotopic (exact) mass is 508 g/mol. The van der Waals surface area contributed by atoms with Gasteiger partial charge < -0.3 is 18.9 Å². The number of ether oxygens (including phenoxy) is 4. The number of benzene rings is 2. The Kier molecular flexibility index (Phi) is 8.61. The summed E-state index contributed by atoms with van der Waals surface area (Å²) in [6.07, 6.45) is 6.75. The van der Waals surface area contributed by atoms with Gasteiger partial charge in [0.1, 0.15) is 6.61 Å². The number of nitrogens with one attached hydrogen (secondary N) is 1. The van der Waals surface area contributed by atoms with Gasteiger partial charge in [0.05, 0.1) is 30.6 Å². The lowest BCUT2D eigenvalue weighted by atomic mass is 10.2. The number of rotatable bonds is 9. The van der Waals surface area contributed by atoms with Crippen LogP contribution in [0.3, 0.4) is 0 Å². The molecule has 0 aliphatic carbocycles. The molecule has 0 atom stereocenters. The zero-order valence-corrected chi connectivity index (χ0v) is 18.5. The molecule has 7 nitrogen and oxygen atoms in total. The Labute approximate surface area is 183 Å². The number of hydrazone groups is 1. The minimum Gasteiger partial charge on any atom is -0.493 e. The van der Waals surface area contributed by atoms with E-state index in [0.717, 1.165) is 9.13 Å². The van der Waals surface area contributed by atoms with Crippen LogP contribution in [0.25, 0.3) is 0 Å². The lowest BCUT2D eigenvalue weighted by Gasteiger charge is -2.11. The highest BCUT2D eigenvalue weighted by molar-refractivity contribution is 14.1. The highest BCUT2D eigenvalue weighted by Gasteiger charge is 2.12. The van der Waals surface area contributed by atoms with E-state index < -0.39 is 0 Å². The van der Waals surface area contributed by atoms with Crippen LogP contribution in [0.5, 0.6) is 23.0 Å². The second-order valence-electron chi connectivity index (χ2n) is 5.52. The van der Waals surface area contributed by atoms with Gasteiger partial charge in [-0.25, -0.2) is 5.43 Å². The van der Waals surface area contributed by atoms with Crippen molar-refractivity contribution < 1.29 is 23.7 Å². The molecule has 2 aromatic rings. The number of methoxy groups -OCH3 is 2. The van der Waals surface area contributed by atoms with Crippen molar-refractivity contribution in [1.29, 1.82) is 0 Å². The summed E-state index contributed by atoms with van der Waals surface area (Å²) in [5.41, 5.74) is 3.61. The van der Waals surface area contributed by atoms with Crippen LogP contribution in [0, 0.1) is 15.9 Å². The van der Waals surface area contributed by atoms with Crippen LogP contribution >= 0.6 is 22.6 Å². The Morgan fingerprint density at radius 2 is 1.93 bits per heavy atom. The van der Waals surface area contributed by atoms with E-state index in [1.165, 1.54) is 20.4 Å². The average Bonchev–Trinajstić information content (AvgIpc) is 2.73. The maximum Gasteiger partial charge on any atom is 0.271 e. The smallest absolute Gasteiger partial charge is 0.271 e. The predicted molar refractivity (Wildman–Crippen MR) is 119 cm³/mol. The Hall–Kier alpha value is -2.93. The molecule has 8 heteroatoms. The number of hydrogen-bond acceptors (Lipinski definition) is 6. The van der Waals surface area contributed by atoms with Crippen LogP contribution in [0.15, 0.2) is 35.4 Å². The van der Waals surface area contributed by atoms with Crippen molar-refractivity contribution in [2.75, 3.05) is 27.4 Å². The summed E-state index contributed by atoms with van der Waals surface area (Å²) in [5.74, 6) is 4.18. The molecule has 0 aliphatic heterocycles. The third kappa shape index (κ3) is 6.02. The summed E-state index contributed by atoms with van der Waals surface area (Å²) in [6, 6.07) is 8.50. The summed E-state index contributed by atoms with van der Waals surface area (Å²) in [6.45, 7) is 2.52. The van der Waals surface area contributed by atoms with Crippen LogP contribution in [-0.4, -0.2) is 39.6 Å². The fourth-order valence-electron chi connectivity index (χ4n) is 2.38. The van der Waals surface area contributed by atoms with Gasteiger partial charge >= 0.3 is 0 Å². The van der Waals surface area contributed by atoms with Crippen molar-refractivity contribution in [2.24, 2.45) is 5.10 Å². The maximum atomic E-state index is 12.3. The second kappa shape index (κ2) is 11.2. The van der Waals surface area contributed by atoms with E-state index in [-0.39, 0.29) is 12.5 Å². The largest absolute Gasteiger partial charge is 0.493 e. The first-order valence-corrected chi connectivity index (χ1v) is 9.69. The molecular formula is C21H21IN2O5. The normalized spacial score (nSPS) is 10.3. The fourth-order valence-corrected chi connectivity index (χ4v) is 3.16. The summed E-state index contributed by atoms with van der Waals surface area (Å²) in [5, 5.41) is 4.01. The molecule has 1 N–H and O–H groups in total. The quantitative estimate of drug-likeness (QED) is 0.243. The van der Waals surface area contributed by atoms with E-state index in [4.69, 9.17) is 25.4 Å². The molecule has 29 heavy (non-hydrogen) atoms. The molecule has 0 radical (unpaired) electrons. The number of hydrogen-bond donors (Lipinski definition) is 1. The molecule has 2 rings (SSSR count). The van der Waals surface area contributed by atoms with Crippen molar-refractivity contribution in [2.45, 2.75) is 6.92 Å². The fraction of sp³-hybridized carbons (Fsp3) is 0.238. The summed E-state index contributed by atoms with van der Waals surface area (Å²) >= 11 is 2.12. The Morgan fingerprint density at radius 3 is 2.59 bits per heavy atom. The van der Waals surface area contributed by atoms with Gasteiger partial charge in [-0.15, -0.1) is 6.42 Å². The molecule has 0 heterocycles. The van der Waals surface area contributed by atoms with Gasteiger partial charge in [-0.1, -0.05) is 5.92 Å². The predicted octanol–water partition coefficient (Wildman–Crippen LogP) is 3.48. The van der Waals surface area contributed by atoms with Crippen LogP contribution in [0.1, 0.15) is 22.8 Å². The standard InChI is InChI=1S/C21H21IN2O5/c1-5-9-29-20-16(22)10-14(11-19(20)27-4)13-23-24-21(25)15-7-8-17(28-6-2)18(12-15)26-3/h1,7-8,10-13H,6,9H2,2-4H3,(H,24,25)/b23-13+. The molecule has 0 aliphatic rings. The minimum absolute atomic E-state index is 0.140. The first-order chi connectivity index (χ1) is 14.0. The Morgan fingerprint density at radius 1 is 1.17 bits per heavy atom. The Bertz CT molecular complexity index is 937. The molecule has 0 bridgehead atoms. The zero-order chi connectivity index (χ0) is 21.2. The van der Waals surface area contributed by atoms with E-state index in [1.807, 2.05) is 13.0 Å². The minimum atomic E-state index is -0.377. The number of halogens is 1. The molecule has 0 saturated heterocycles. The molecule has 0 spiro atoms. The van der Waals surface area contributed by atoms with Crippen LogP contribution in [0.2, 0.25) is 0 Å². The van der Waals surface area contributed by atoms with Gasteiger partial charge in [0.25, 0.3) is 5.91 Å². The number of carbonyl (C=O) groups is 1. The molecule has 1 amide bonds. The summed E-state index contributed by atoms with van der Waals surface area (Å²) < 4.78 is 22.4. The molecule has 2 aromatic carbocycles. The third-order valence-electron chi connectivity index (χ3n) is 3.66. The van der Waals surface area contributed by atoms with Crippen molar-refractivity contribution in [3.8, 4) is 35.3 Å². The van der Waals surface area contributed by atoms with Crippen molar-refractivity contribution >= 4 is 34.7 Å². The van der Waals surface area contributed by atoms with E-state index in [9.17, 15) is 4.79 Å². The number of amides is 1. The van der Waals surface area contributed by atoms with Gasteiger partial charge in [0.15, 0.2) is 23.0 Å². The highest BCUT2D eigenvalue weighted by Crippen LogP contribution is 2.33. The first kappa shape index (κ1) is 22.4. The molecule has 0 aromatic heterocycles. The maximum absolute atomic E-state index is 12.3. The van der Waals surface area contributed by atoms with Gasteiger partial charge in [0, 0.05) is 5.56 Å². The van der Waals surface area contributed by atoms with E-state index in [0.29, 0.717) is 35.2 Å². The van der Waals surface area contributed by atoms with Crippen LogP contribution in [0.4, 0.5) is 0 Å². The van der Waals surface area contributed by atoms with E-state index in [2.05, 4.69) is 39.0 Å². The zero-order valence-electron chi connectivity index (χ0n) is 16.3. The number of carbonyl (C=O) groups excluding carboxylic acids is 1. The van der Waals surface area contributed by atoms with Crippen molar-refractivity contribution in [3.63, 3.8) is 0 Å². The molecule has 152 valence electrons. The molecule has 0 unspecified atom stereocenters. The lowest BCUT2D eigenvalue weighted by molar-refractivity contribution is 0.0954. The van der Waals surface area contributed by atoms with Crippen molar-refractivity contribution in [1.82, 2.24) is 5.43 Å². The average molecular weight is 508 g/mol. The van der Waals surface area contributed by atoms with E-state index >= 15 is 0 Å². The third-order valence-corrected chi connectivity index (χ3v) is 4.46. The molecule has 0 fully saturated rings.